The van der Waals surface area contributed by atoms with Crippen LogP contribution in [0.4, 0.5) is 0 Å². The molecule has 4 saturated carbocycles. The van der Waals surface area contributed by atoms with E-state index in [1.54, 1.807) is 0 Å². The Kier molecular flexibility index (Phi) is 2.39. The van der Waals surface area contributed by atoms with E-state index < -0.39 is 0 Å². The van der Waals surface area contributed by atoms with E-state index in [9.17, 15) is 9.59 Å². The lowest BCUT2D eigenvalue weighted by Crippen LogP contribution is -2.58. The minimum atomic E-state index is -0.387. The highest BCUT2D eigenvalue weighted by atomic mass is 16.5. The molecule has 0 N–H and O–H groups in total. The Balaban J connectivity index is 1.87. The Hall–Kier alpha value is -1.12. The maximum atomic E-state index is 12.1. The fourth-order valence-electron chi connectivity index (χ4n) is 4.24. The zero-order valence-corrected chi connectivity index (χ0v) is 10.1. The summed E-state index contributed by atoms with van der Waals surface area (Å²) in [5.41, 5.74) is 0. The van der Waals surface area contributed by atoms with Crippen LogP contribution in [0.2, 0.25) is 0 Å². The number of esters is 1. The van der Waals surface area contributed by atoms with Crippen molar-refractivity contribution in [3.05, 3.63) is 12.7 Å². The van der Waals surface area contributed by atoms with Gasteiger partial charge in [-0.15, -0.1) is 0 Å². The van der Waals surface area contributed by atoms with E-state index in [1.165, 1.54) is 6.08 Å². The van der Waals surface area contributed by atoms with Crippen LogP contribution in [0.15, 0.2) is 12.7 Å². The molecule has 3 heteroatoms. The summed E-state index contributed by atoms with van der Waals surface area (Å²) in [5.74, 6) is 1.81. The van der Waals surface area contributed by atoms with Gasteiger partial charge >= 0.3 is 5.97 Å². The molecule has 0 amide bonds. The minimum absolute atomic E-state index is 0.0300. The van der Waals surface area contributed by atoms with Crippen LogP contribution in [0.25, 0.3) is 0 Å². The van der Waals surface area contributed by atoms with Gasteiger partial charge in [0.1, 0.15) is 11.9 Å². The molecule has 4 rings (SSSR count). The highest BCUT2D eigenvalue weighted by molar-refractivity contribution is 5.87. The average Bonchev–Trinajstić information content (AvgIpc) is 2.31. The van der Waals surface area contributed by atoms with Crippen molar-refractivity contribution in [3.63, 3.8) is 0 Å². The van der Waals surface area contributed by atoms with Crippen LogP contribution in [0.1, 0.15) is 26.2 Å². The monoisotopic (exact) mass is 234 g/mol. The quantitative estimate of drug-likeness (QED) is 0.542. The van der Waals surface area contributed by atoms with E-state index in [0.29, 0.717) is 23.5 Å². The van der Waals surface area contributed by atoms with E-state index in [2.05, 4.69) is 13.5 Å². The lowest BCUT2D eigenvalue weighted by Gasteiger charge is -2.55. The highest BCUT2D eigenvalue weighted by Gasteiger charge is 2.57. The first-order valence-corrected chi connectivity index (χ1v) is 6.48. The van der Waals surface area contributed by atoms with Gasteiger partial charge in [-0.25, -0.2) is 4.79 Å². The molecule has 4 aliphatic carbocycles. The van der Waals surface area contributed by atoms with Gasteiger partial charge in [-0.3, -0.25) is 4.79 Å². The van der Waals surface area contributed by atoms with Gasteiger partial charge < -0.3 is 4.74 Å². The summed E-state index contributed by atoms with van der Waals surface area (Å²) < 4.78 is 5.44. The molecular formula is C14H18O3. The normalized spacial score (nSPS) is 47.0. The molecule has 3 nitrogen and oxygen atoms in total. The largest absolute Gasteiger partial charge is 0.458 e. The third-order valence-electron chi connectivity index (χ3n) is 5.12. The van der Waals surface area contributed by atoms with E-state index in [1.807, 2.05) is 0 Å². The number of carbonyl (C=O) groups excluding carboxylic acids is 2. The Labute approximate surface area is 101 Å². The third-order valence-corrected chi connectivity index (χ3v) is 5.12. The Bertz CT molecular complexity index is 387. The summed E-state index contributed by atoms with van der Waals surface area (Å²) in [4.78, 5) is 23.5. The molecule has 0 aromatic carbocycles. The predicted molar refractivity (Wildman–Crippen MR) is 62.1 cm³/mol. The fourth-order valence-corrected chi connectivity index (χ4v) is 4.24. The fraction of sp³-hybridized carbons (Fsp3) is 0.714. The molecular weight excluding hydrogens is 216 g/mol. The molecule has 4 aliphatic rings. The molecule has 92 valence electrons. The standard InChI is InChI=1S/C14H18O3/c1-3-12(15)17-14-10-6-9-4-8(7(10)2)5-11(14)13(9)16/h3,7-11,14H,1,4-6H2,2H3. The zero-order chi connectivity index (χ0) is 12.2. The van der Waals surface area contributed by atoms with Crippen molar-refractivity contribution in [1.82, 2.24) is 0 Å². The second-order valence-electron chi connectivity index (χ2n) is 5.80. The van der Waals surface area contributed by atoms with Gasteiger partial charge in [-0.1, -0.05) is 13.5 Å². The number of carbonyl (C=O) groups is 2. The van der Waals surface area contributed by atoms with Crippen molar-refractivity contribution >= 4 is 11.8 Å². The second-order valence-corrected chi connectivity index (χ2v) is 5.80. The lowest BCUT2D eigenvalue weighted by atomic mass is 9.50. The van der Waals surface area contributed by atoms with Crippen molar-refractivity contribution in [2.24, 2.45) is 29.6 Å². The molecule has 0 aromatic rings. The predicted octanol–water partition coefficient (Wildman–Crippen LogP) is 1.97. The van der Waals surface area contributed by atoms with Crippen LogP contribution in [0.3, 0.4) is 0 Å². The highest BCUT2D eigenvalue weighted by Crippen LogP contribution is 2.55. The maximum Gasteiger partial charge on any atom is 0.330 e. The summed E-state index contributed by atoms with van der Waals surface area (Å²) in [6, 6.07) is 0. The van der Waals surface area contributed by atoms with E-state index in [-0.39, 0.29) is 23.9 Å². The second kappa shape index (κ2) is 3.69. The molecule has 4 bridgehead atoms. The van der Waals surface area contributed by atoms with Gasteiger partial charge in [0.05, 0.1) is 5.92 Å². The molecule has 0 spiro atoms. The number of hydrogen-bond donors (Lipinski definition) is 0. The van der Waals surface area contributed by atoms with Gasteiger partial charge in [-0.05, 0) is 31.1 Å². The van der Waals surface area contributed by atoms with Crippen molar-refractivity contribution in [2.45, 2.75) is 32.3 Å². The van der Waals surface area contributed by atoms with Crippen LogP contribution < -0.4 is 0 Å². The molecule has 6 atom stereocenters. The first-order valence-electron chi connectivity index (χ1n) is 6.48. The van der Waals surface area contributed by atoms with Crippen molar-refractivity contribution < 1.29 is 14.3 Å². The average molecular weight is 234 g/mol. The van der Waals surface area contributed by atoms with Gasteiger partial charge in [0.15, 0.2) is 0 Å². The number of rotatable bonds is 2. The van der Waals surface area contributed by atoms with E-state index in [0.717, 1.165) is 19.3 Å². The van der Waals surface area contributed by atoms with Crippen LogP contribution in [0, 0.1) is 29.6 Å². The summed E-state index contributed by atoms with van der Waals surface area (Å²) in [7, 11) is 0. The van der Waals surface area contributed by atoms with Crippen LogP contribution >= 0.6 is 0 Å². The Morgan fingerprint density at radius 1 is 1.41 bits per heavy atom. The molecule has 6 unspecified atom stereocenters. The van der Waals surface area contributed by atoms with Crippen molar-refractivity contribution in [1.29, 1.82) is 0 Å². The first-order chi connectivity index (χ1) is 8.11. The third kappa shape index (κ3) is 1.48. The minimum Gasteiger partial charge on any atom is -0.458 e. The SMILES string of the molecule is C=CC(=O)OC1C2CC3CC(CC1C3C)C2=O. The van der Waals surface area contributed by atoms with Gasteiger partial charge in [0, 0.05) is 17.9 Å². The van der Waals surface area contributed by atoms with Gasteiger partial charge in [0.25, 0.3) is 0 Å². The van der Waals surface area contributed by atoms with Crippen molar-refractivity contribution in [3.8, 4) is 0 Å². The van der Waals surface area contributed by atoms with Crippen LogP contribution in [-0.2, 0) is 14.3 Å². The molecule has 17 heavy (non-hydrogen) atoms. The molecule has 4 fully saturated rings. The molecule has 0 aliphatic heterocycles. The van der Waals surface area contributed by atoms with Crippen LogP contribution in [-0.4, -0.2) is 17.9 Å². The summed E-state index contributed by atoms with van der Waals surface area (Å²) in [6.45, 7) is 5.66. The van der Waals surface area contributed by atoms with E-state index >= 15 is 0 Å². The number of hydrogen-bond acceptors (Lipinski definition) is 3. The first kappa shape index (κ1) is 11.0. The summed E-state index contributed by atoms with van der Waals surface area (Å²) >= 11 is 0. The summed E-state index contributed by atoms with van der Waals surface area (Å²) in [6.07, 6.45) is 3.91. The smallest absolute Gasteiger partial charge is 0.330 e. The topological polar surface area (TPSA) is 43.4 Å². The maximum absolute atomic E-state index is 12.1. The lowest BCUT2D eigenvalue weighted by molar-refractivity contribution is -0.179. The number of ketones is 1. The van der Waals surface area contributed by atoms with Crippen LogP contribution in [0.5, 0.6) is 0 Å². The number of Topliss-reactive ketones (excluding diaryl/α,β-unsaturated/α-hetero) is 1. The number of ether oxygens (including phenoxy) is 1. The molecule has 0 heterocycles. The van der Waals surface area contributed by atoms with Gasteiger partial charge in [0.2, 0.25) is 0 Å². The summed E-state index contributed by atoms with van der Waals surface area (Å²) in [5, 5.41) is 0. The molecule has 0 saturated heterocycles. The Morgan fingerprint density at radius 2 is 2.18 bits per heavy atom. The zero-order valence-electron chi connectivity index (χ0n) is 10.1. The molecule has 0 aromatic heterocycles. The van der Waals surface area contributed by atoms with Crippen molar-refractivity contribution in [2.75, 3.05) is 0 Å². The van der Waals surface area contributed by atoms with E-state index in [4.69, 9.17) is 4.74 Å². The molecule has 0 radical (unpaired) electrons. The Morgan fingerprint density at radius 3 is 2.88 bits per heavy atom. The van der Waals surface area contributed by atoms with Gasteiger partial charge in [-0.2, -0.15) is 0 Å².